The van der Waals surface area contributed by atoms with Crippen LogP contribution < -0.4 is 5.32 Å². The molecule has 4 heteroatoms. The van der Waals surface area contributed by atoms with Crippen LogP contribution in [0.3, 0.4) is 0 Å². The number of ketones is 1. The van der Waals surface area contributed by atoms with Crippen LogP contribution in [0.25, 0.3) is 0 Å². The highest BCUT2D eigenvalue weighted by molar-refractivity contribution is 5.96. The summed E-state index contributed by atoms with van der Waals surface area (Å²) in [5.74, 6) is -0.896. The number of aryl methyl sites for hydroxylation is 1. The zero-order valence-corrected chi connectivity index (χ0v) is 16.2. The Morgan fingerprint density at radius 3 is 2.46 bits per heavy atom. The Hall–Kier alpha value is -2.36. The van der Waals surface area contributed by atoms with Gasteiger partial charge in [-0.05, 0) is 29.9 Å². The van der Waals surface area contributed by atoms with Gasteiger partial charge in [-0.25, -0.2) is 4.79 Å². The smallest absolute Gasteiger partial charge is 0.336 e. The molecule has 3 rings (SSSR count). The molecule has 0 amide bonds. The van der Waals surface area contributed by atoms with Gasteiger partial charge in [-0.15, -0.1) is 0 Å². The first-order valence-electron chi connectivity index (χ1n) is 9.18. The number of nitrogens with one attached hydrogen (secondary N) is 1. The summed E-state index contributed by atoms with van der Waals surface area (Å²) in [5, 5.41) is 3.31. The highest BCUT2D eigenvalue weighted by Gasteiger charge is 2.46. The summed E-state index contributed by atoms with van der Waals surface area (Å²) >= 11 is 0. The molecule has 0 radical (unpaired) electrons. The summed E-state index contributed by atoms with van der Waals surface area (Å²) in [6, 6.07) is 8.22. The zero-order valence-electron chi connectivity index (χ0n) is 16.2. The Bertz CT molecular complexity index is 799. The SMILES string of the molecule is CCc1ccc(C2C(C(=O)OC)=C(C)NC3=CC(C)(C)CC(=O)C32)cc1. The van der Waals surface area contributed by atoms with E-state index < -0.39 is 0 Å². The first kappa shape index (κ1) is 18.4. The standard InChI is InChI=1S/C22H27NO3/c1-6-14-7-9-15(10-8-14)19-18(21(25)26-5)13(2)23-16-11-22(3,4)12-17(24)20(16)19/h7-11,19-20,23H,6,12H2,1-5H3. The number of ether oxygens (including phenoxy) is 1. The van der Waals surface area contributed by atoms with Crippen LogP contribution in [0.15, 0.2) is 47.3 Å². The van der Waals surface area contributed by atoms with Crippen molar-refractivity contribution in [2.75, 3.05) is 7.11 Å². The molecular weight excluding hydrogens is 326 g/mol. The molecule has 0 aromatic heterocycles. The van der Waals surface area contributed by atoms with E-state index in [1.54, 1.807) is 0 Å². The number of allylic oxidation sites excluding steroid dienone is 3. The Morgan fingerprint density at radius 1 is 1.23 bits per heavy atom. The lowest BCUT2D eigenvalue weighted by atomic mass is 9.66. The molecule has 138 valence electrons. The van der Waals surface area contributed by atoms with Crippen LogP contribution in [0, 0.1) is 11.3 Å². The van der Waals surface area contributed by atoms with Crippen molar-refractivity contribution in [2.45, 2.75) is 46.5 Å². The second kappa shape index (κ2) is 6.75. The predicted octanol–water partition coefficient (Wildman–Crippen LogP) is 3.88. The maximum absolute atomic E-state index is 13.1. The maximum Gasteiger partial charge on any atom is 0.336 e. The second-order valence-corrected chi connectivity index (χ2v) is 7.94. The topological polar surface area (TPSA) is 55.4 Å². The summed E-state index contributed by atoms with van der Waals surface area (Å²) in [6.45, 7) is 8.12. The van der Waals surface area contributed by atoms with E-state index in [1.807, 2.05) is 19.1 Å². The fraction of sp³-hybridized carbons (Fsp3) is 0.455. The van der Waals surface area contributed by atoms with Crippen LogP contribution in [0.2, 0.25) is 0 Å². The number of carbonyl (C=O) groups excluding carboxylic acids is 2. The lowest BCUT2D eigenvalue weighted by Crippen LogP contribution is -2.43. The largest absolute Gasteiger partial charge is 0.466 e. The molecule has 0 saturated heterocycles. The van der Waals surface area contributed by atoms with Gasteiger partial charge in [-0.1, -0.05) is 51.1 Å². The summed E-state index contributed by atoms with van der Waals surface area (Å²) in [7, 11) is 1.39. The van der Waals surface area contributed by atoms with Gasteiger partial charge in [-0.2, -0.15) is 0 Å². The summed E-state index contributed by atoms with van der Waals surface area (Å²) in [6.07, 6.45) is 3.57. The average Bonchev–Trinajstić information content (AvgIpc) is 2.59. The van der Waals surface area contributed by atoms with Gasteiger partial charge in [0.25, 0.3) is 0 Å². The number of esters is 1. The van der Waals surface area contributed by atoms with Gasteiger partial charge in [0.1, 0.15) is 5.78 Å². The third-order valence-corrected chi connectivity index (χ3v) is 5.39. The number of benzene rings is 1. The van der Waals surface area contributed by atoms with E-state index in [1.165, 1.54) is 12.7 Å². The van der Waals surface area contributed by atoms with E-state index in [0.29, 0.717) is 12.0 Å². The average molecular weight is 353 g/mol. The number of rotatable bonds is 3. The van der Waals surface area contributed by atoms with E-state index in [2.05, 4.69) is 44.3 Å². The molecule has 1 aromatic carbocycles. The van der Waals surface area contributed by atoms with E-state index in [9.17, 15) is 9.59 Å². The van der Waals surface area contributed by atoms with Gasteiger partial charge in [-0.3, -0.25) is 4.79 Å². The van der Waals surface area contributed by atoms with Crippen molar-refractivity contribution in [1.82, 2.24) is 5.32 Å². The van der Waals surface area contributed by atoms with Gasteiger partial charge in [0.2, 0.25) is 0 Å². The number of methoxy groups -OCH3 is 1. The van der Waals surface area contributed by atoms with Gasteiger partial charge in [0, 0.05) is 23.7 Å². The van der Waals surface area contributed by atoms with Crippen LogP contribution in [-0.4, -0.2) is 18.9 Å². The van der Waals surface area contributed by atoms with Crippen LogP contribution in [0.4, 0.5) is 0 Å². The van der Waals surface area contributed by atoms with Crippen LogP contribution in [0.5, 0.6) is 0 Å². The normalized spacial score (nSPS) is 24.5. The molecule has 1 N–H and O–H groups in total. The molecule has 0 fully saturated rings. The minimum atomic E-state index is -0.378. The number of hydrogen-bond acceptors (Lipinski definition) is 4. The third-order valence-electron chi connectivity index (χ3n) is 5.39. The molecule has 1 aliphatic carbocycles. The number of carbonyl (C=O) groups is 2. The molecule has 2 atom stereocenters. The Morgan fingerprint density at radius 2 is 1.88 bits per heavy atom. The Balaban J connectivity index is 2.18. The monoisotopic (exact) mass is 353 g/mol. The Labute approximate surface area is 155 Å². The third kappa shape index (κ3) is 3.20. The fourth-order valence-corrected chi connectivity index (χ4v) is 4.17. The van der Waals surface area contributed by atoms with Crippen molar-refractivity contribution in [3.63, 3.8) is 0 Å². The van der Waals surface area contributed by atoms with E-state index in [4.69, 9.17) is 4.74 Å². The van der Waals surface area contributed by atoms with E-state index in [0.717, 1.165) is 23.4 Å². The summed E-state index contributed by atoms with van der Waals surface area (Å²) in [5.41, 5.74) is 4.24. The molecule has 1 aromatic rings. The lowest BCUT2D eigenvalue weighted by Gasteiger charge is -2.41. The van der Waals surface area contributed by atoms with Gasteiger partial charge < -0.3 is 10.1 Å². The maximum atomic E-state index is 13.1. The van der Waals surface area contributed by atoms with Crippen molar-refractivity contribution >= 4 is 11.8 Å². The van der Waals surface area contributed by atoms with Crippen molar-refractivity contribution in [3.05, 3.63) is 58.4 Å². The predicted molar refractivity (Wildman–Crippen MR) is 101 cm³/mol. The van der Waals surface area contributed by atoms with Gasteiger partial charge in [0.15, 0.2) is 0 Å². The van der Waals surface area contributed by atoms with E-state index in [-0.39, 0.29) is 29.0 Å². The van der Waals surface area contributed by atoms with Crippen molar-refractivity contribution < 1.29 is 14.3 Å². The molecule has 0 saturated carbocycles. The van der Waals surface area contributed by atoms with Crippen LogP contribution in [-0.2, 0) is 20.7 Å². The molecular formula is C22H27NO3. The highest BCUT2D eigenvalue weighted by atomic mass is 16.5. The zero-order chi connectivity index (χ0) is 19.1. The van der Waals surface area contributed by atoms with Crippen LogP contribution in [0.1, 0.15) is 51.2 Å². The van der Waals surface area contributed by atoms with Crippen molar-refractivity contribution in [2.24, 2.45) is 11.3 Å². The molecule has 4 nitrogen and oxygen atoms in total. The van der Waals surface area contributed by atoms with E-state index >= 15 is 0 Å². The lowest BCUT2D eigenvalue weighted by molar-refractivity contribution is -0.136. The number of fused-ring (bicyclic) bond motifs is 1. The number of hydrogen-bond donors (Lipinski definition) is 1. The first-order chi connectivity index (χ1) is 12.3. The highest BCUT2D eigenvalue weighted by Crippen LogP contribution is 2.46. The minimum absolute atomic E-state index is 0.165. The fourth-order valence-electron chi connectivity index (χ4n) is 4.17. The summed E-state index contributed by atoms with van der Waals surface area (Å²) in [4.78, 5) is 25.6. The summed E-state index contributed by atoms with van der Waals surface area (Å²) < 4.78 is 5.05. The Kier molecular flexibility index (Phi) is 4.78. The van der Waals surface area contributed by atoms with Crippen molar-refractivity contribution in [3.8, 4) is 0 Å². The molecule has 2 unspecified atom stereocenters. The molecule has 1 aliphatic heterocycles. The van der Waals surface area contributed by atoms with Gasteiger partial charge in [0.05, 0.1) is 18.6 Å². The first-order valence-corrected chi connectivity index (χ1v) is 9.18. The molecule has 1 heterocycles. The molecule has 2 aliphatic rings. The molecule has 0 spiro atoms. The molecule has 0 bridgehead atoms. The minimum Gasteiger partial charge on any atom is -0.466 e. The van der Waals surface area contributed by atoms with Gasteiger partial charge >= 0.3 is 5.97 Å². The second-order valence-electron chi connectivity index (χ2n) is 7.94. The molecule has 26 heavy (non-hydrogen) atoms. The number of Topliss-reactive ketones (excluding diaryl/α,β-unsaturated/α-hetero) is 1. The van der Waals surface area contributed by atoms with Crippen LogP contribution >= 0.6 is 0 Å². The quantitative estimate of drug-likeness (QED) is 0.838. The van der Waals surface area contributed by atoms with Crippen molar-refractivity contribution in [1.29, 1.82) is 0 Å².